The minimum absolute atomic E-state index is 0.292. The highest BCUT2D eigenvalue weighted by atomic mass is 16.5. The van der Waals surface area contributed by atoms with Gasteiger partial charge in [-0.05, 0) is 45.8 Å². The Labute approximate surface area is 105 Å². The zero-order chi connectivity index (χ0) is 12.1. The van der Waals surface area contributed by atoms with Crippen molar-refractivity contribution < 1.29 is 9.84 Å². The molecule has 2 atom stereocenters. The molecule has 0 spiro atoms. The Balaban J connectivity index is 1.89. The summed E-state index contributed by atoms with van der Waals surface area (Å²) < 4.78 is 5.73. The summed E-state index contributed by atoms with van der Waals surface area (Å²) in [6.07, 6.45) is 4.96. The lowest BCUT2D eigenvalue weighted by Crippen LogP contribution is -2.44. The van der Waals surface area contributed by atoms with Gasteiger partial charge >= 0.3 is 0 Å². The highest BCUT2D eigenvalue weighted by Gasteiger charge is 2.26. The molecule has 0 radical (unpaired) electrons. The highest BCUT2D eigenvalue weighted by molar-refractivity contribution is 4.81. The number of likely N-dealkylation sites (N-methyl/N-ethyl adjacent to an activating group) is 1. The number of aliphatic hydroxyl groups excluding tert-OH is 1. The van der Waals surface area contributed by atoms with E-state index in [0.717, 1.165) is 32.7 Å². The molecule has 0 bridgehead atoms. The molecule has 0 aromatic heterocycles. The molecule has 2 saturated heterocycles. The molecule has 0 saturated carbocycles. The van der Waals surface area contributed by atoms with Crippen LogP contribution in [0.15, 0.2) is 0 Å². The van der Waals surface area contributed by atoms with Gasteiger partial charge in [-0.25, -0.2) is 0 Å². The van der Waals surface area contributed by atoms with E-state index in [4.69, 9.17) is 4.74 Å². The molecule has 0 aromatic carbocycles. The van der Waals surface area contributed by atoms with E-state index in [0.29, 0.717) is 18.8 Å². The second-order valence-electron chi connectivity index (χ2n) is 5.41. The van der Waals surface area contributed by atoms with Crippen LogP contribution in [0.4, 0.5) is 0 Å². The molecule has 100 valence electrons. The molecule has 2 heterocycles. The van der Waals surface area contributed by atoms with Gasteiger partial charge in [0.2, 0.25) is 0 Å². The Bertz CT molecular complexity index is 219. The Hall–Kier alpha value is -0.160. The molecule has 17 heavy (non-hydrogen) atoms. The van der Waals surface area contributed by atoms with Gasteiger partial charge in [-0.15, -0.1) is 0 Å². The summed E-state index contributed by atoms with van der Waals surface area (Å²) in [6.45, 7) is 5.67. The summed E-state index contributed by atoms with van der Waals surface area (Å²) in [5.41, 5.74) is 0. The summed E-state index contributed by atoms with van der Waals surface area (Å²) >= 11 is 0. The zero-order valence-corrected chi connectivity index (χ0v) is 11.0. The van der Waals surface area contributed by atoms with Crippen molar-refractivity contribution in [3.8, 4) is 0 Å². The lowest BCUT2D eigenvalue weighted by molar-refractivity contribution is 0.0515. The molecule has 0 aromatic rings. The third-order valence-electron chi connectivity index (χ3n) is 3.95. The van der Waals surface area contributed by atoms with Crippen LogP contribution in [0.25, 0.3) is 0 Å². The molecule has 2 fully saturated rings. The first-order chi connectivity index (χ1) is 8.29. The van der Waals surface area contributed by atoms with Gasteiger partial charge in [0.15, 0.2) is 0 Å². The van der Waals surface area contributed by atoms with E-state index in [1.807, 2.05) is 0 Å². The second kappa shape index (κ2) is 6.69. The van der Waals surface area contributed by atoms with E-state index in [1.54, 1.807) is 0 Å². The van der Waals surface area contributed by atoms with E-state index >= 15 is 0 Å². The van der Waals surface area contributed by atoms with Gasteiger partial charge in [0.05, 0.1) is 6.10 Å². The number of hydrogen-bond acceptors (Lipinski definition) is 4. The first kappa shape index (κ1) is 13.3. The van der Waals surface area contributed by atoms with Gasteiger partial charge in [-0.2, -0.15) is 0 Å². The summed E-state index contributed by atoms with van der Waals surface area (Å²) in [7, 11) is 2.18. The van der Waals surface area contributed by atoms with Crippen molar-refractivity contribution in [3.05, 3.63) is 0 Å². The zero-order valence-electron chi connectivity index (χ0n) is 11.0. The summed E-state index contributed by atoms with van der Waals surface area (Å²) in [4.78, 5) is 4.92. The third-order valence-corrected chi connectivity index (χ3v) is 3.95. The van der Waals surface area contributed by atoms with Gasteiger partial charge in [0.1, 0.15) is 0 Å². The first-order valence-corrected chi connectivity index (χ1v) is 6.94. The molecule has 1 N–H and O–H groups in total. The lowest BCUT2D eigenvalue weighted by Gasteiger charge is -2.32. The summed E-state index contributed by atoms with van der Waals surface area (Å²) in [5, 5.41) is 9.20. The number of aliphatic hydroxyl groups is 1. The second-order valence-corrected chi connectivity index (χ2v) is 5.41. The van der Waals surface area contributed by atoms with E-state index in [-0.39, 0.29) is 0 Å². The van der Waals surface area contributed by atoms with Crippen LogP contribution in [0, 0.1) is 0 Å². The molecule has 0 aliphatic carbocycles. The predicted molar refractivity (Wildman–Crippen MR) is 68.2 cm³/mol. The van der Waals surface area contributed by atoms with E-state index < -0.39 is 0 Å². The van der Waals surface area contributed by atoms with Crippen LogP contribution in [0.3, 0.4) is 0 Å². The molecule has 2 aliphatic heterocycles. The lowest BCUT2D eigenvalue weighted by atomic mass is 10.1. The van der Waals surface area contributed by atoms with Crippen LogP contribution < -0.4 is 0 Å². The Morgan fingerprint density at radius 1 is 1.29 bits per heavy atom. The summed E-state index contributed by atoms with van der Waals surface area (Å²) in [5.74, 6) is 0. The normalized spacial score (nSPS) is 32.8. The van der Waals surface area contributed by atoms with E-state index in [2.05, 4.69) is 16.8 Å². The molecule has 4 nitrogen and oxygen atoms in total. The molecular formula is C13H26N2O2. The average molecular weight is 242 g/mol. The van der Waals surface area contributed by atoms with Crippen LogP contribution in [0.1, 0.15) is 25.7 Å². The number of hydrogen-bond donors (Lipinski definition) is 1. The first-order valence-electron chi connectivity index (χ1n) is 6.94. The molecule has 2 unspecified atom stereocenters. The van der Waals surface area contributed by atoms with Gasteiger partial charge in [0, 0.05) is 32.3 Å². The van der Waals surface area contributed by atoms with E-state index in [1.165, 1.54) is 25.8 Å². The maximum atomic E-state index is 9.20. The SMILES string of the molecule is CN1CCCN(CC2CCCO2)C(CCO)C1. The van der Waals surface area contributed by atoms with E-state index in [9.17, 15) is 5.11 Å². The van der Waals surface area contributed by atoms with Crippen molar-refractivity contribution in [2.24, 2.45) is 0 Å². The van der Waals surface area contributed by atoms with Crippen LogP contribution in [-0.4, -0.2) is 73.5 Å². The molecular weight excluding hydrogens is 216 g/mol. The van der Waals surface area contributed by atoms with Crippen molar-refractivity contribution in [3.63, 3.8) is 0 Å². The average Bonchev–Trinajstić information content (AvgIpc) is 2.74. The standard InChI is InChI=1S/C13H26N2O2/c1-14-6-3-7-15(12(10-14)5-8-16)11-13-4-2-9-17-13/h12-13,16H,2-11H2,1H3. The third kappa shape index (κ3) is 3.91. The predicted octanol–water partition coefficient (Wildman–Crippen LogP) is 0.554. The number of ether oxygens (including phenoxy) is 1. The molecule has 2 rings (SSSR count). The minimum atomic E-state index is 0.292. The number of nitrogens with zero attached hydrogens (tertiary/aromatic N) is 2. The van der Waals surface area contributed by atoms with Crippen molar-refractivity contribution >= 4 is 0 Å². The van der Waals surface area contributed by atoms with Crippen LogP contribution >= 0.6 is 0 Å². The Kier molecular flexibility index (Phi) is 5.22. The Morgan fingerprint density at radius 3 is 2.88 bits per heavy atom. The molecule has 4 heteroatoms. The van der Waals surface area contributed by atoms with Crippen LogP contribution in [0.2, 0.25) is 0 Å². The van der Waals surface area contributed by atoms with Crippen molar-refractivity contribution in [2.75, 3.05) is 46.4 Å². The minimum Gasteiger partial charge on any atom is -0.396 e. The monoisotopic (exact) mass is 242 g/mol. The number of rotatable bonds is 4. The fourth-order valence-corrected chi connectivity index (χ4v) is 3.01. The highest BCUT2D eigenvalue weighted by Crippen LogP contribution is 2.18. The fraction of sp³-hybridized carbons (Fsp3) is 1.00. The van der Waals surface area contributed by atoms with Crippen molar-refractivity contribution in [2.45, 2.75) is 37.8 Å². The van der Waals surface area contributed by atoms with Gasteiger partial charge < -0.3 is 14.7 Å². The van der Waals surface area contributed by atoms with Crippen molar-refractivity contribution in [1.29, 1.82) is 0 Å². The van der Waals surface area contributed by atoms with Crippen LogP contribution in [0.5, 0.6) is 0 Å². The maximum absolute atomic E-state index is 9.20. The van der Waals surface area contributed by atoms with Gasteiger partial charge in [-0.3, -0.25) is 4.90 Å². The van der Waals surface area contributed by atoms with Gasteiger partial charge in [-0.1, -0.05) is 0 Å². The summed E-state index contributed by atoms with van der Waals surface area (Å²) in [6, 6.07) is 0.497. The largest absolute Gasteiger partial charge is 0.396 e. The molecule has 0 amide bonds. The van der Waals surface area contributed by atoms with Crippen LogP contribution in [-0.2, 0) is 4.74 Å². The quantitative estimate of drug-likeness (QED) is 0.781. The van der Waals surface area contributed by atoms with Gasteiger partial charge in [0.25, 0.3) is 0 Å². The molecule has 2 aliphatic rings. The van der Waals surface area contributed by atoms with Crippen molar-refractivity contribution in [1.82, 2.24) is 9.80 Å². The smallest absolute Gasteiger partial charge is 0.0702 e. The fourth-order valence-electron chi connectivity index (χ4n) is 3.01. The topological polar surface area (TPSA) is 35.9 Å². The maximum Gasteiger partial charge on any atom is 0.0702 e. The Morgan fingerprint density at radius 2 is 2.18 bits per heavy atom.